The average molecular weight is 404 g/mol. The normalized spacial score (nSPS) is 12.1. The van der Waals surface area contributed by atoms with Crippen molar-refractivity contribution in [3.8, 4) is 10.4 Å². The zero-order chi connectivity index (χ0) is 20.4. The number of likely N-dealkylation sites (N-methyl/N-ethyl adjacent to an activating group) is 1. The van der Waals surface area contributed by atoms with E-state index in [9.17, 15) is 9.59 Å². The Morgan fingerprint density at radius 1 is 1.10 bits per heavy atom. The SMILES string of the molecule is C[C@H](c1ccccc1)N(C)C(=O)Cn1cnc2sc(-c3ccccc3)cc2c1=O. The number of benzene rings is 2. The third-order valence-electron chi connectivity index (χ3n) is 5.14. The van der Waals surface area contributed by atoms with Crippen molar-refractivity contribution in [1.82, 2.24) is 14.5 Å². The molecule has 0 aliphatic rings. The van der Waals surface area contributed by atoms with Crippen LogP contribution in [0.15, 0.2) is 77.9 Å². The number of amides is 1. The lowest BCUT2D eigenvalue weighted by Gasteiger charge is -2.25. The molecule has 0 saturated carbocycles. The van der Waals surface area contributed by atoms with E-state index < -0.39 is 0 Å². The van der Waals surface area contributed by atoms with Crippen LogP contribution in [0.4, 0.5) is 0 Å². The van der Waals surface area contributed by atoms with Gasteiger partial charge in [-0.15, -0.1) is 11.3 Å². The van der Waals surface area contributed by atoms with Crippen LogP contribution in [-0.4, -0.2) is 27.4 Å². The predicted octanol–water partition coefficient (Wildman–Crippen LogP) is 4.34. The zero-order valence-electron chi connectivity index (χ0n) is 16.3. The molecule has 6 heteroatoms. The first-order valence-corrected chi connectivity index (χ1v) is 10.2. The Morgan fingerprint density at radius 2 is 1.76 bits per heavy atom. The summed E-state index contributed by atoms with van der Waals surface area (Å²) in [6.07, 6.45) is 1.47. The molecule has 2 heterocycles. The van der Waals surface area contributed by atoms with Crippen molar-refractivity contribution in [2.45, 2.75) is 19.5 Å². The molecule has 0 spiro atoms. The highest BCUT2D eigenvalue weighted by Crippen LogP contribution is 2.30. The maximum absolute atomic E-state index is 12.9. The van der Waals surface area contributed by atoms with E-state index in [-0.39, 0.29) is 24.1 Å². The molecule has 0 bridgehead atoms. The van der Waals surface area contributed by atoms with Gasteiger partial charge in [0.1, 0.15) is 11.4 Å². The summed E-state index contributed by atoms with van der Waals surface area (Å²) >= 11 is 1.48. The van der Waals surface area contributed by atoms with Crippen LogP contribution in [0.1, 0.15) is 18.5 Å². The molecule has 2 aromatic carbocycles. The van der Waals surface area contributed by atoms with Gasteiger partial charge in [0.25, 0.3) is 5.56 Å². The van der Waals surface area contributed by atoms with Gasteiger partial charge in [-0.2, -0.15) is 0 Å². The summed E-state index contributed by atoms with van der Waals surface area (Å²) in [5.41, 5.74) is 1.91. The number of aromatic nitrogens is 2. The Balaban J connectivity index is 1.59. The number of carbonyl (C=O) groups excluding carboxylic acids is 1. The number of thiophene rings is 1. The number of carbonyl (C=O) groups is 1. The maximum atomic E-state index is 12.9. The molecule has 0 aliphatic heterocycles. The summed E-state index contributed by atoms with van der Waals surface area (Å²) in [5.74, 6) is -0.136. The molecule has 4 aromatic rings. The molecule has 0 fully saturated rings. The smallest absolute Gasteiger partial charge is 0.262 e. The second-order valence-electron chi connectivity index (χ2n) is 6.96. The molecule has 5 nitrogen and oxygen atoms in total. The van der Waals surface area contributed by atoms with Gasteiger partial charge in [0.05, 0.1) is 17.8 Å². The Bertz CT molecular complexity index is 1200. The maximum Gasteiger partial charge on any atom is 0.262 e. The number of hydrogen-bond donors (Lipinski definition) is 0. The molecule has 0 unspecified atom stereocenters. The monoisotopic (exact) mass is 403 g/mol. The summed E-state index contributed by atoms with van der Waals surface area (Å²) in [6, 6.07) is 21.5. The summed E-state index contributed by atoms with van der Waals surface area (Å²) in [7, 11) is 1.76. The lowest BCUT2D eigenvalue weighted by molar-refractivity contribution is -0.132. The van der Waals surface area contributed by atoms with Gasteiger partial charge in [0.15, 0.2) is 0 Å². The van der Waals surface area contributed by atoms with Crippen molar-refractivity contribution < 1.29 is 4.79 Å². The van der Waals surface area contributed by atoms with Crippen LogP contribution in [0.25, 0.3) is 20.7 Å². The number of nitrogens with zero attached hydrogens (tertiary/aromatic N) is 3. The molecular weight excluding hydrogens is 382 g/mol. The van der Waals surface area contributed by atoms with E-state index in [1.54, 1.807) is 11.9 Å². The average Bonchev–Trinajstić information content (AvgIpc) is 3.21. The van der Waals surface area contributed by atoms with E-state index in [0.717, 1.165) is 16.0 Å². The van der Waals surface area contributed by atoms with Crippen LogP contribution in [0, 0.1) is 0 Å². The molecule has 1 amide bonds. The minimum atomic E-state index is -0.192. The second kappa shape index (κ2) is 8.01. The first-order chi connectivity index (χ1) is 14.0. The van der Waals surface area contributed by atoms with Crippen molar-refractivity contribution in [2.24, 2.45) is 0 Å². The standard InChI is InChI=1S/C23H21N3O2S/c1-16(17-9-5-3-6-10-17)25(2)21(27)14-26-15-24-22-19(23(26)28)13-20(29-22)18-11-7-4-8-12-18/h3-13,15-16H,14H2,1-2H3/t16-/m1/s1. The topological polar surface area (TPSA) is 55.2 Å². The highest BCUT2D eigenvalue weighted by Gasteiger charge is 2.19. The minimum absolute atomic E-state index is 0.0358. The van der Waals surface area contributed by atoms with Crippen LogP contribution in [0.3, 0.4) is 0 Å². The van der Waals surface area contributed by atoms with Crippen LogP contribution < -0.4 is 5.56 Å². The van der Waals surface area contributed by atoms with Crippen molar-refractivity contribution in [3.63, 3.8) is 0 Å². The lowest BCUT2D eigenvalue weighted by atomic mass is 10.1. The van der Waals surface area contributed by atoms with E-state index in [1.807, 2.05) is 73.7 Å². The van der Waals surface area contributed by atoms with E-state index >= 15 is 0 Å². The van der Waals surface area contributed by atoms with Gasteiger partial charge in [-0.3, -0.25) is 14.2 Å². The Morgan fingerprint density at radius 3 is 2.45 bits per heavy atom. The fourth-order valence-electron chi connectivity index (χ4n) is 3.25. The van der Waals surface area contributed by atoms with Gasteiger partial charge in [0, 0.05) is 11.9 Å². The fourth-order valence-corrected chi connectivity index (χ4v) is 4.24. The third-order valence-corrected chi connectivity index (χ3v) is 6.23. The first-order valence-electron chi connectivity index (χ1n) is 9.39. The quantitative estimate of drug-likeness (QED) is 0.498. The number of fused-ring (bicyclic) bond motifs is 1. The summed E-state index contributed by atoms with van der Waals surface area (Å²) in [6.45, 7) is 1.94. The molecule has 1 atom stereocenters. The summed E-state index contributed by atoms with van der Waals surface area (Å²) < 4.78 is 1.39. The van der Waals surface area contributed by atoms with E-state index in [1.165, 1.54) is 22.2 Å². The van der Waals surface area contributed by atoms with Gasteiger partial charge in [-0.1, -0.05) is 60.7 Å². The Labute approximate surface area is 172 Å². The van der Waals surface area contributed by atoms with Crippen molar-refractivity contribution >= 4 is 27.5 Å². The van der Waals surface area contributed by atoms with Gasteiger partial charge in [-0.05, 0) is 24.1 Å². The first kappa shape index (κ1) is 19.1. The fraction of sp³-hybridized carbons (Fsp3) is 0.174. The highest BCUT2D eigenvalue weighted by atomic mass is 32.1. The molecule has 2 aromatic heterocycles. The molecule has 0 N–H and O–H groups in total. The molecule has 0 aliphatic carbocycles. The highest BCUT2D eigenvalue weighted by molar-refractivity contribution is 7.21. The van der Waals surface area contributed by atoms with Gasteiger partial charge < -0.3 is 4.90 Å². The van der Waals surface area contributed by atoms with Crippen LogP contribution in [0.2, 0.25) is 0 Å². The van der Waals surface area contributed by atoms with Crippen LogP contribution in [0.5, 0.6) is 0 Å². The van der Waals surface area contributed by atoms with Crippen molar-refractivity contribution in [3.05, 3.63) is 89.0 Å². The van der Waals surface area contributed by atoms with Crippen LogP contribution >= 0.6 is 11.3 Å². The van der Waals surface area contributed by atoms with Crippen molar-refractivity contribution in [1.29, 1.82) is 0 Å². The van der Waals surface area contributed by atoms with Gasteiger partial charge in [-0.25, -0.2) is 4.98 Å². The molecular formula is C23H21N3O2S. The molecule has 4 rings (SSSR count). The molecule has 0 saturated heterocycles. The van der Waals surface area contributed by atoms with Crippen LogP contribution in [-0.2, 0) is 11.3 Å². The second-order valence-corrected chi connectivity index (χ2v) is 8.00. The van der Waals surface area contributed by atoms with E-state index in [4.69, 9.17) is 0 Å². The summed E-state index contributed by atoms with van der Waals surface area (Å²) in [4.78, 5) is 33.5. The third kappa shape index (κ3) is 3.84. The molecule has 146 valence electrons. The van der Waals surface area contributed by atoms with E-state index in [0.29, 0.717) is 10.2 Å². The summed E-state index contributed by atoms with van der Waals surface area (Å²) in [5, 5.41) is 0.544. The largest absolute Gasteiger partial charge is 0.337 e. The van der Waals surface area contributed by atoms with Gasteiger partial charge >= 0.3 is 0 Å². The molecule has 0 radical (unpaired) electrons. The Kier molecular flexibility index (Phi) is 5.27. The van der Waals surface area contributed by atoms with E-state index in [2.05, 4.69) is 4.98 Å². The predicted molar refractivity (Wildman–Crippen MR) is 117 cm³/mol. The number of hydrogen-bond acceptors (Lipinski definition) is 4. The zero-order valence-corrected chi connectivity index (χ0v) is 17.1. The lowest BCUT2D eigenvalue weighted by Crippen LogP contribution is -2.35. The molecule has 29 heavy (non-hydrogen) atoms. The minimum Gasteiger partial charge on any atom is -0.337 e. The Hall–Kier alpha value is -3.25. The number of rotatable bonds is 5. The van der Waals surface area contributed by atoms with Crippen molar-refractivity contribution in [2.75, 3.05) is 7.05 Å². The van der Waals surface area contributed by atoms with Gasteiger partial charge in [0.2, 0.25) is 5.91 Å².